The molecule has 136 valence electrons. The van der Waals surface area contributed by atoms with Crippen LogP contribution in [0.25, 0.3) is 0 Å². The monoisotopic (exact) mass is 377 g/mol. The third-order valence-corrected chi connectivity index (χ3v) is 4.71. The van der Waals surface area contributed by atoms with Gasteiger partial charge in [0.25, 0.3) is 5.69 Å². The Labute approximate surface area is 154 Å². The lowest BCUT2D eigenvalue weighted by atomic mass is 9.85. The van der Waals surface area contributed by atoms with E-state index >= 15 is 0 Å². The number of piperazine rings is 1. The number of hydrogen-bond donors (Lipinski definition) is 1. The Hall–Kier alpha value is -0.920. The van der Waals surface area contributed by atoms with Crippen LogP contribution >= 0.6 is 24.8 Å². The Morgan fingerprint density at radius 1 is 1.17 bits per heavy atom. The minimum Gasteiger partial charge on any atom is -0.381 e. The molecule has 0 spiro atoms. The lowest BCUT2D eigenvalue weighted by Crippen LogP contribution is -2.47. The summed E-state index contributed by atoms with van der Waals surface area (Å²) in [5, 5.41) is 14.8. The van der Waals surface area contributed by atoms with Crippen molar-refractivity contribution in [2.45, 2.75) is 18.9 Å². The summed E-state index contributed by atoms with van der Waals surface area (Å²) in [6, 6.07) is 7.34. The maximum Gasteiger partial charge on any atom is 0.274 e. The fraction of sp³-hybridized carbons (Fsp3) is 0.625. The van der Waals surface area contributed by atoms with Gasteiger partial charge in [-0.3, -0.25) is 15.0 Å². The van der Waals surface area contributed by atoms with Gasteiger partial charge in [-0.05, 0) is 18.8 Å². The SMILES string of the molecule is Cl.Cl.O=[N+]([O-])c1ccccc1[C@@H](C1CCOCC1)N1CCNCC1. The molecule has 6 nitrogen and oxygen atoms in total. The first kappa shape index (κ1) is 21.1. The van der Waals surface area contributed by atoms with Crippen molar-refractivity contribution in [3.63, 3.8) is 0 Å². The molecule has 0 aliphatic carbocycles. The van der Waals surface area contributed by atoms with E-state index in [0.29, 0.717) is 5.92 Å². The molecule has 2 aliphatic heterocycles. The van der Waals surface area contributed by atoms with Crippen molar-refractivity contribution in [2.75, 3.05) is 39.4 Å². The van der Waals surface area contributed by atoms with Crippen LogP contribution in [0.5, 0.6) is 0 Å². The molecule has 2 saturated heterocycles. The van der Waals surface area contributed by atoms with Crippen LogP contribution in [0.2, 0.25) is 0 Å². The van der Waals surface area contributed by atoms with Crippen molar-refractivity contribution in [3.05, 3.63) is 39.9 Å². The van der Waals surface area contributed by atoms with Crippen molar-refractivity contribution in [2.24, 2.45) is 5.92 Å². The average Bonchev–Trinajstić information content (AvgIpc) is 2.57. The predicted octanol–water partition coefficient (Wildman–Crippen LogP) is 2.81. The molecule has 1 atom stereocenters. The summed E-state index contributed by atoms with van der Waals surface area (Å²) in [5.74, 6) is 0.424. The third-order valence-electron chi connectivity index (χ3n) is 4.71. The maximum atomic E-state index is 11.4. The van der Waals surface area contributed by atoms with E-state index in [1.165, 1.54) is 0 Å². The molecule has 24 heavy (non-hydrogen) atoms. The van der Waals surface area contributed by atoms with Gasteiger partial charge in [0.05, 0.1) is 4.92 Å². The number of benzene rings is 1. The fourth-order valence-corrected chi connectivity index (χ4v) is 3.64. The fourth-order valence-electron chi connectivity index (χ4n) is 3.64. The molecular formula is C16H25Cl2N3O3. The molecule has 3 rings (SSSR count). The number of nitro benzene ring substituents is 1. The number of nitrogens with zero attached hydrogens (tertiary/aromatic N) is 2. The normalized spacial score (nSPS) is 20.5. The third kappa shape index (κ3) is 4.80. The zero-order chi connectivity index (χ0) is 15.4. The summed E-state index contributed by atoms with van der Waals surface area (Å²) in [6.45, 7) is 5.28. The van der Waals surface area contributed by atoms with Gasteiger partial charge < -0.3 is 10.1 Å². The van der Waals surface area contributed by atoms with Gasteiger partial charge in [0.15, 0.2) is 0 Å². The van der Waals surface area contributed by atoms with E-state index in [0.717, 1.165) is 57.8 Å². The summed E-state index contributed by atoms with van der Waals surface area (Å²) in [4.78, 5) is 13.6. The van der Waals surface area contributed by atoms with Gasteiger partial charge in [-0.1, -0.05) is 18.2 Å². The van der Waals surface area contributed by atoms with E-state index in [2.05, 4.69) is 10.2 Å². The minimum absolute atomic E-state index is 0. The van der Waals surface area contributed by atoms with Gasteiger partial charge in [-0.2, -0.15) is 0 Å². The Morgan fingerprint density at radius 2 is 1.79 bits per heavy atom. The van der Waals surface area contributed by atoms with Crippen LogP contribution in [-0.2, 0) is 4.74 Å². The highest BCUT2D eigenvalue weighted by atomic mass is 35.5. The Bertz CT molecular complexity index is 503. The van der Waals surface area contributed by atoms with Gasteiger partial charge in [-0.15, -0.1) is 24.8 Å². The van der Waals surface area contributed by atoms with E-state index in [1.54, 1.807) is 12.1 Å². The van der Waals surface area contributed by atoms with Crippen LogP contribution in [0.3, 0.4) is 0 Å². The van der Waals surface area contributed by atoms with Crippen LogP contribution in [0.4, 0.5) is 5.69 Å². The van der Waals surface area contributed by atoms with Crippen LogP contribution in [-0.4, -0.2) is 49.2 Å². The van der Waals surface area contributed by atoms with Gasteiger partial charge in [0.1, 0.15) is 0 Å². The lowest BCUT2D eigenvalue weighted by molar-refractivity contribution is -0.386. The highest BCUT2D eigenvalue weighted by Crippen LogP contribution is 2.39. The molecule has 1 aromatic rings. The highest BCUT2D eigenvalue weighted by molar-refractivity contribution is 5.85. The molecular weight excluding hydrogens is 353 g/mol. The van der Waals surface area contributed by atoms with Gasteiger partial charge in [0.2, 0.25) is 0 Å². The number of halogens is 2. The summed E-state index contributed by atoms with van der Waals surface area (Å²) in [6.07, 6.45) is 1.95. The lowest BCUT2D eigenvalue weighted by Gasteiger charge is -2.40. The van der Waals surface area contributed by atoms with Crippen molar-refractivity contribution in [1.82, 2.24) is 10.2 Å². The smallest absolute Gasteiger partial charge is 0.274 e. The molecule has 1 aromatic carbocycles. The molecule has 0 unspecified atom stereocenters. The molecule has 2 fully saturated rings. The van der Waals surface area contributed by atoms with Crippen LogP contribution in [0, 0.1) is 16.0 Å². The summed E-state index contributed by atoms with van der Waals surface area (Å²) in [7, 11) is 0. The summed E-state index contributed by atoms with van der Waals surface area (Å²) in [5.41, 5.74) is 1.11. The van der Waals surface area contributed by atoms with Gasteiger partial charge in [0, 0.05) is 57.1 Å². The van der Waals surface area contributed by atoms with E-state index in [4.69, 9.17) is 4.74 Å². The second-order valence-corrected chi connectivity index (χ2v) is 6.00. The quantitative estimate of drug-likeness (QED) is 0.645. The number of rotatable bonds is 4. The van der Waals surface area contributed by atoms with Crippen molar-refractivity contribution >= 4 is 30.5 Å². The summed E-state index contributed by atoms with van der Waals surface area (Å²) < 4.78 is 5.49. The van der Waals surface area contributed by atoms with Gasteiger partial charge >= 0.3 is 0 Å². The minimum atomic E-state index is -0.246. The Morgan fingerprint density at radius 3 is 2.42 bits per heavy atom. The largest absolute Gasteiger partial charge is 0.381 e. The number of nitro groups is 1. The van der Waals surface area contributed by atoms with E-state index in [1.807, 2.05) is 12.1 Å². The Kier molecular flexibility index (Phi) is 8.94. The molecule has 0 radical (unpaired) electrons. The standard InChI is InChI=1S/C16H23N3O3.2ClH/c20-19(21)15-4-2-1-3-14(15)16(13-5-11-22-12-6-13)18-9-7-17-8-10-18;;/h1-4,13,16-17H,5-12H2;2*1H/t16-;;/m1../s1. The van der Waals surface area contributed by atoms with E-state index < -0.39 is 0 Å². The number of para-hydroxylation sites is 1. The zero-order valence-electron chi connectivity index (χ0n) is 13.6. The second kappa shape index (κ2) is 10.2. The maximum absolute atomic E-state index is 11.4. The highest BCUT2D eigenvalue weighted by Gasteiger charge is 2.34. The van der Waals surface area contributed by atoms with Gasteiger partial charge in [-0.25, -0.2) is 0 Å². The van der Waals surface area contributed by atoms with Crippen molar-refractivity contribution in [1.29, 1.82) is 0 Å². The molecule has 8 heteroatoms. The van der Waals surface area contributed by atoms with Crippen molar-refractivity contribution < 1.29 is 9.66 Å². The molecule has 0 saturated carbocycles. The Balaban J connectivity index is 0.00000144. The first-order chi connectivity index (χ1) is 10.8. The topological polar surface area (TPSA) is 67.6 Å². The van der Waals surface area contributed by atoms with E-state index in [9.17, 15) is 10.1 Å². The average molecular weight is 378 g/mol. The van der Waals surface area contributed by atoms with Crippen molar-refractivity contribution in [3.8, 4) is 0 Å². The molecule has 2 heterocycles. The number of hydrogen-bond acceptors (Lipinski definition) is 5. The van der Waals surface area contributed by atoms with E-state index in [-0.39, 0.29) is 41.5 Å². The molecule has 0 bridgehead atoms. The zero-order valence-corrected chi connectivity index (χ0v) is 15.2. The summed E-state index contributed by atoms with van der Waals surface area (Å²) >= 11 is 0. The molecule has 1 N–H and O–H groups in total. The molecule has 0 aromatic heterocycles. The number of nitrogens with one attached hydrogen (secondary N) is 1. The van der Waals surface area contributed by atoms with Crippen LogP contribution in [0.15, 0.2) is 24.3 Å². The van der Waals surface area contributed by atoms with Crippen LogP contribution in [0.1, 0.15) is 24.4 Å². The number of ether oxygens (including phenoxy) is 1. The predicted molar refractivity (Wildman–Crippen MR) is 98.3 cm³/mol. The van der Waals surface area contributed by atoms with Crippen LogP contribution < -0.4 is 5.32 Å². The first-order valence-electron chi connectivity index (χ1n) is 8.03. The molecule has 0 amide bonds. The second-order valence-electron chi connectivity index (χ2n) is 6.00. The first-order valence-corrected chi connectivity index (χ1v) is 8.03. The molecule has 2 aliphatic rings.